The SMILES string of the molecule is O=C(O)c1cccc(CC(=O)N2CCCC2c2ccsc2)c1. The van der Waals surface area contributed by atoms with E-state index in [0.717, 1.165) is 24.9 Å². The summed E-state index contributed by atoms with van der Waals surface area (Å²) in [5, 5.41) is 13.2. The fraction of sp³-hybridized carbons (Fsp3) is 0.294. The Morgan fingerprint density at radius 2 is 2.18 bits per heavy atom. The molecule has 3 rings (SSSR count). The molecule has 1 aliphatic heterocycles. The van der Waals surface area contributed by atoms with Crippen molar-refractivity contribution in [2.75, 3.05) is 6.54 Å². The molecule has 114 valence electrons. The van der Waals surface area contributed by atoms with Gasteiger partial charge in [0.25, 0.3) is 0 Å². The molecule has 1 amide bonds. The third-order valence-electron chi connectivity index (χ3n) is 4.03. The van der Waals surface area contributed by atoms with E-state index >= 15 is 0 Å². The second-order valence-corrected chi connectivity index (χ2v) is 6.26. The van der Waals surface area contributed by atoms with Gasteiger partial charge in [0.15, 0.2) is 0 Å². The Labute approximate surface area is 133 Å². The van der Waals surface area contributed by atoms with Gasteiger partial charge in [0.1, 0.15) is 0 Å². The summed E-state index contributed by atoms with van der Waals surface area (Å²) in [7, 11) is 0. The summed E-state index contributed by atoms with van der Waals surface area (Å²) >= 11 is 1.65. The van der Waals surface area contributed by atoms with Gasteiger partial charge in [-0.1, -0.05) is 12.1 Å². The maximum Gasteiger partial charge on any atom is 0.335 e. The van der Waals surface area contributed by atoms with Crippen LogP contribution in [0.25, 0.3) is 0 Å². The van der Waals surface area contributed by atoms with E-state index in [-0.39, 0.29) is 23.9 Å². The minimum atomic E-state index is -0.966. The predicted molar refractivity (Wildman–Crippen MR) is 85.1 cm³/mol. The quantitative estimate of drug-likeness (QED) is 0.941. The van der Waals surface area contributed by atoms with Crippen molar-refractivity contribution < 1.29 is 14.7 Å². The molecule has 0 bridgehead atoms. The van der Waals surface area contributed by atoms with E-state index < -0.39 is 5.97 Å². The normalized spacial score (nSPS) is 17.6. The maximum absolute atomic E-state index is 12.6. The standard InChI is InChI=1S/C17H17NO3S/c19-16(10-12-3-1-4-13(9-12)17(20)21)18-7-2-5-15(18)14-6-8-22-11-14/h1,3-4,6,8-9,11,15H,2,5,7,10H2,(H,20,21). The Balaban J connectivity index is 1.74. The number of carbonyl (C=O) groups is 2. The number of benzene rings is 1. The summed E-state index contributed by atoms with van der Waals surface area (Å²) in [4.78, 5) is 25.5. The van der Waals surface area contributed by atoms with Gasteiger partial charge in [-0.3, -0.25) is 4.79 Å². The average molecular weight is 315 g/mol. The van der Waals surface area contributed by atoms with Crippen LogP contribution >= 0.6 is 11.3 Å². The second-order valence-electron chi connectivity index (χ2n) is 5.48. The minimum absolute atomic E-state index is 0.0660. The molecule has 1 aromatic carbocycles. The summed E-state index contributed by atoms with van der Waals surface area (Å²) in [6.45, 7) is 0.776. The largest absolute Gasteiger partial charge is 0.478 e. The Hall–Kier alpha value is -2.14. The van der Waals surface area contributed by atoms with Gasteiger partial charge >= 0.3 is 5.97 Å². The third kappa shape index (κ3) is 3.04. The number of thiophene rings is 1. The van der Waals surface area contributed by atoms with E-state index in [4.69, 9.17) is 5.11 Å². The highest BCUT2D eigenvalue weighted by atomic mass is 32.1. The molecule has 2 aromatic rings. The molecule has 22 heavy (non-hydrogen) atoms. The first-order chi connectivity index (χ1) is 10.6. The van der Waals surface area contributed by atoms with Crippen molar-refractivity contribution in [1.82, 2.24) is 4.90 Å². The number of hydrogen-bond donors (Lipinski definition) is 1. The number of amides is 1. The minimum Gasteiger partial charge on any atom is -0.478 e. The van der Waals surface area contributed by atoms with Crippen molar-refractivity contribution >= 4 is 23.2 Å². The zero-order valence-corrected chi connectivity index (χ0v) is 12.9. The lowest BCUT2D eigenvalue weighted by molar-refractivity contribution is -0.131. The Morgan fingerprint density at radius 1 is 1.32 bits per heavy atom. The number of nitrogens with zero attached hydrogens (tertiary/aromatic N) is 1. The van der Waals surface area contributed by atoms with Gasteiger partial charge in [-0.15, -0.1) is 0 Å². The number of likely N-dealkylation sites (tertiary alicyclic amines) is 1. The third-order valence-corrected chi connectivity index (χ3v) is 4.73. The molecule has 0 saturated carbocycles. The smallest absolute Gasteiger partial charge is 0.335 e. The highest BCUT2D eigenvalue weighted by molar-refractivity contribution is 7.07. The van der Waals surface area contributed by atoms with Crippen LogP contribution in [0, 0.1) is 0 Å². The van der Waals surface area contributed by atoms with Crippen LogP contribution in [0.15, 0.2) is 41.1 Å². The summed E-state index contributed by atoms with van der Waals surface area (Å²) in [6.07, 6.45) is 2.26. The number of aromatic carboxylic acids is 1. The molecule has 1 fully saturated rings. The van der Waals surface area contributed by atoms with Crippen molar-refractivity contribution in [3.8, 4) is 0 Å². The summed E-state index contributed by atoms with van der Waals surface area (Å²) in [5.74, 6) is -0.900. The first-order valence-corrected chi connectivity index (χ1v) is 8.23. The molecule has 1 aromatic heterocycles. The van der Waals surface area contributed by atoms with Crippen molar-refractivity contribution in [3.63, 3.8) is 0 Å². The zero-order chi connectivity index (χ0) is 15.5. The summed E-state index contributed by atoms with van der Waals surface area (Å²) in [6, 6.07) is 8.86. The number of hydrogen-bond acceptors (Lipinski definition) is 3. The summed E-state index contributed by atoms with van der Waals surface area (Å²) < 4.78 is 0. The van der Waals surface area contributed by atoms with Crippen molar-refractivity contribution in [2.45, 2.75) is 25.3 Å². The lowest BCUT2D eigenvalue weighted by atomic mass is 10.1. The molecule has 1 unspecified atom stereocenters. The van der Waals surface area contributed by atoms with Gasteiger partial charge in [0, 0.05) is 6.54 Å². The number of rotatable bonds is 4. The molecular formula is C17H17NO3S. The monoisotopic (exact) mass is 315 g/mol. The molecule has 5 heteroatoms. The molecule has 0 aliphatic carbocycles. The Morgan fingerprint density at radius 3 is 2.91 bits per heavy atom. The van der Waals surface area contributed by atoms with E-state index in [1.807, 2.05) is 10.3 Å². The molecule has 0 spiro atoms. The van der Waals surface area contributed by atoms with Crippen LogP contribution in [0.5, 0.6) is 0 Å². The fourth-order valence-electron chi connectivity index (χ4n) is 2.97. The Bertz CT molecular complexity index is 681. The van der Waals surface area contributed by atoms with Gasteiger partial charge in [-0.25, -0.2) is 4.79 Å². The second kappa shape index (κ2) is 6.32. The maximum atomic E-state index is 12.6. The van der Waals surface area contributed by atoms with Gasteiger partial charge in [0.2, 0.25) is 5.91 Å². The van der Waals surface area contributed by atoms with Crippen molar-refractivity contribution in [3.05, 3.63) is 57.8 Å². The molecule has 0 radical (unpaired) electrons. The van der Waals surface area contributed by atoms with Gasteiger partial charge in [-0.2, -0.15) is 11.3 Å². The van der Waals surface area contributed by atoms with Crippen LogP contribution < -0.4 is 0 Å². The predicted octanol–water partition coefficient (Wildman–Crippen LogP) is 3.35. The molecule has 1 aliphatic rings. The van der Waals surface area contributed by atoms with Gasteiger partial charge in [-0.05, 0) is 52.9 Å². The Kier molecular flexibility index (Phi) is 4.24. The summed E-state index contributed by atoms with van der Waals surface area (Å²) in [5.41, 5.74) is 2.18. The molecule has 2 heterocycles. The molecular weight excluding hydrogens is 298 g/mol. The molecule has 1 saturated heterocycles. The van der Waals surface area contributed by atoms with E-state index in [1.165, 1.54) is 5.56 Å². The highest BCUT2D eigenvalue weighted by Crippen LogP contribution is 2.33. The number of carboxylic acids is 1. The highest BCUT2D eigenvalue weighted by Gasteiger charge is 2.29. The lowest BCUT2D eigenvalue weighted by Gasteiger charge is -2.24. The van der Waals surface area contributed by atoms with Crippen LogP contribution in [0.4, 0.5) is 0 Å². The first kappa shape index (κ1) is 14.8. The van der Waals surface area contributed by atoms with Crippen molar-refractivity contribution in [2.24, 2.45) is 0 Å². The van der Waals surface area contributed by atoms with Crippen LogP contribution in [0.2, 0.25) is 0 Å². The van der Waals surface area contributed by atoms with E-state index in [0.29, 0.717) is 0 Å². The van der Waals surface area contributed by atoms with Crippen LogP contribution in [0.1, 0.15) is 40.4 Å². The van der Waals surface area contributed by atoms with Gasteiger partial charge < -0.3 is 10.0 Å². The van der Waals surface area contributed by atoms with Gasteiger partial charge in [0.05, 0.1) is 18.0 Å². The zero-order valence-electron chi connectivity index (χ0n) is 12.1. The van der Waals surface area contributed by atoms with E-state index in [9.17, 15) is 9.59 Å². The molecule has 4 nitrogen and oxygen atoms in total. The van der Waals surface area contributed by atoms with Crippen LogP contribution in [0.3, 0.4) is 0 Å². The van der Waals surface area contributed by atoms with Crippen LogP contribution in [-0.2, 0) is 11.2 Å². The topological polar surface area (TPSA) is 57.6 Å². The average Bonchev–Trinajstić information content (AvgIpc) is 3.18. The first-order valence-electron chi connectivity index (χ1n) is 7.29. The number of carboxylic acid groups (broad SMARTS) is 1. The number of carbonyl (C=O) groups excluding carboxylic acids is 1. The molecule has 1 N–H and O–H groups in total. The molecule has 1 atom stereocenters. The van der Waals surface area contributed by atoms with E-state index in [1.54, 1.807) is 35.6 Å². The lowest BCUT2D eigenvalue weighted by Crippen LogP contribution is -2.31. The van der Waals surface area contributed by atoms with Crippen LogP contribution in [-0.4, -0.2) is 28.4 Å². The fourth-order valence-corrected chi connectivity index (χ4v) is 3.67. The van der Waals surface area contributed by atoms with Crippen molar-refractivity contribution in [1.29, 1.82) is 0 Å². The van der Waals surface area contributed by atoms with E-state index in [2.05, 4.69) is 11.4 Å².